The number of amides is 1. The van der Waals surface area contributed by atoms with Gasteiger partial charge in [-0.05, 0) is 41.7 Å². The zero-order chi connectivity index (χ0) is 16.3. The van der Waals surface area contributed by atoms with Crippen LogP contribution in [-0.2, 0) is 0 Å². The summed E-state index contributed by atoms with van der Waals surface area (Å²) in [5.41, 5.74) is 1.97. The molecule has 1 saturated carbocycles. The van der Waals surface area contributed by atoms with E-state index in [1.54, 1.807) is 6.20 Å². The largest absolute Gasteiger partial charge is 0.444 e. The van der Waals surface area contributed by atoms with Crippen molar-refractivity contribution in [3.63, 3.8) is 0 Å². The number of carbonyl (C=O) groups excluding carboxylic acids is 1. The topological polar surface area (TPSA) is 46.3 Å². The Bertz CT molecular complexity index is 809. The van der Waals surface area contributed by atoms with Gasteiger partial charge in [0.05, 0.1) is 6.20 Å². The van der Waals surface area contributed by atoms with Crippen LogP contribution in [0.25, 0.3) is 11.3 Å². The van der Waals surface area contributed by atoms with Crippen LogP contribution in [0.3, 0.4) is 0 Å². The van der Waals surface area contributed by atoms with Crippen molar-refractivity contribution in [1.29, 1.82) is 0 Å². The molecule has 1 saturated heterocycles. The van der Waals surface area contributed by atoms with Crippen LogP contribution in [-0.4, -0.2) is 28.9 Å². The van der Waals surface area contributed by atoms with E-state index in [-0.39, 0.29) is 11.3 Å². The lowest BCUT2D eigenvalue weighted by Gasteiger charge is -2.31. The van der Waals surface area contributed by atoms with Crippen molar-refractivity contribution in [2.45, 2.75) is 13.3 Å². The number of hydrogen-bond donors (Lipinski definition) is 0. The fraction of sp³-hybridized carbons (Fsp3) is 0.400. The highest BCUT2D eigenvalue weighted by atomic mass is 16.3. The van der Waals surface area contributed by atoms with Gasteiger partial charge in [0, 0.05) is 24.2 Å². The van der Waals surface area contributed by atoms with Crippen LogP contribution in [0.1, 0.15) is 23.7 Å². The van der Waals surface area contributed by atoms with E-state index in [9.17, 15) is 4.79 Å². The second kappa shape index (κ2) is 4.82. The molecule has 1 aliphatic heterocycles. The fourth-order valence-electron chi connectivity index (χ4n) is 5.04. The molecule has 2 heterocycles. The Balaban J connectivity index is 1.36. The molecule has 1 aromatic carbocycles. The van der Waals surface area contributed by atoms with Crippen LogP contribution in [0.4, 0.5) is 0 Å². The lowest BCUT2D eigenvalue weighted by atomic mass is 9.72. The summed E-state index contributed by atoms with van der Waals surface area (Å²) in [5.74, 6) is 2.82. The second-order valence-corrected chi connectivity index (χ2v) is 7.63. The number of rotatable bonds is 2. The maximum Gasteiger partial charge on any atom is 0.253 e. The quantitative estimate of drug-likeness (QED) is 0.794. The van der Waals surface area contributed by atoms with Crippen molar-refractivity contribution in [1.82, 2.24) is 9.88 Å². The van der Waals surface area contributed by atoms with E-state index in [0.29, 0.717) is 17.8 Å². The van der Waals surface area contributed by atoms with Crippen molar-refractivity contribution < 1.29 is 9.21 Å². The smallest absolute Gasteiger partial charge is 0.253 e. The van der Waals surface area contributed by atoms with E-state index in [2.05, 4.69) is 29.0 Å². The molecule has 3 aliphatic rings. The monoisotopic (exact) mass is 320 g/mol. The van der Waals surface area contributed by atoms with Gasteiger partial charge >= 0.3 is 0 Å². The highest BCUT2D eigenvalue weighted by Gasteiger charge is 2.58. The lowest BCUT2D eigenvalue weighted by Crippen LogP contribution is -2.33. The number of likely N-dealkylation sites (tertiary alicyclic amines) is 1. The molecular formula is C20H20N2O2. The van der Waals surface area contributed by atoms with Gasteiger partial charge in [-0.15, -0.1) is 0 Å². The number of hydrogen-bond acceptors (Lipinski definition) is 3. The molecule has 2 bridgehead atoms. The highest BCUT2D eigenvalue weighted by molar-refractivity contribution is 5.95. The summed E-state index contributed by atoms with van der Waals surface area (Å²) in [7, 11) is 0. The standard InChI is InChI=1S/C20H20N2O2/c1-20-11-22(10-17(20)15-6-7-16(20)8-15)19(23)14-4-2-13(3-5-14)18-9-21-12-24-18/h2-7,9,12,15-17H,8,10-11H2,1H3/t15-,16+,17?,20+/m1/s1. The van der Waals surface area contributed by atoms with E-state index in [4.69, 9.17) is 4.42 Å². The number of benzene rings is 1. The second-order valence-electron chi connectivity index (χ2n) is 7.63. The number of allylic oxidation sites excluding steroid dienone is 2. The van der Waals surface area contributed by atoms with Gasteiger partial charge in [0.1, 0.15) is 0 Å². The van der Waals surface area contributed by atoms with Gasteiger partial charge in [0.25, 0.3) is 5.91 Å². The number of carbonyl (C=O) groups is 1. The van der Waals surface area contributed by atoms with Crippen LogP contribution >= 0.6 is 0 Å². The minimum Gasteiger partial charge on any atom is -0.444 e. The fourth-order valence-corrected chi connectivity index (χ4v) is 5.04. The van der Waals surface area contributed by atoms with Gasteiger partial charge in [-0.3, -0.25) is 4.79 Å². The normalized spacial score (nSPS) is 33.2. The molecule has 4 heteroatoms. The van der Waals surface area contributed by atoms with Gasteiger partial charge < -0.3 is 9.32 Å². The van der Waals surface area contributed by atoms with Crippen molar-refractivity contribution in [2.75, 3.05) is 13.1 Å². The van der Waals surface area contributed by atoms with Crippen molar-refractivity contribution >= 4 is 5.91 Å². The van der Waals surface area contributed by atoms with Crippen LogP contribution < -0.4 is 0 Å². The molecule has 4 nitrogen and oxygen atoms in total. The molecule has 2 aliphatic carbocycles. The summed E-state index contributed by atoms with van der Waals surface area (Å²) in [6.45, 7) is 4.14. The average Bonchev–Trinajstić information content (AvgIpc) is 3.35. The van der Waals surface area contributed by atoms with E-state index in [0.717, 1.165) is 30.0 Å². The Kier molecular flexibility index (Phi) is 2.82. The van der Waals surface area contributed by atoms with Crippen LogP contribution in [0.15, 0.2) is 53.4 Å². The average molecular weight is 320 g/mol. The first-order valence-electron chi connectivity index (χ1n) is 8.62. The molecule has 2 aromatic rings. The van der Waals surface area contributed by atoms with Crippen molar-refractivity contribution in [3.8, 4) is 11.3 Å². The first-order chi connectivity index (χ1) is 11.6. The molecule has 0 N–H and O–H groups in total. The summed E-state index contributed by atoms with van der Waals surface area (Å²) in [6, 6.07) is 7.64. The Morgan fingerprint density at radius 3 is 2.83 bits per heavy atom. The third kappa shape index (κ3) is 1.86. The molecule has 1 unspecified atom stereocenters. The zero-order valence-corrected chi connectivity index (χ0v) is 13.7. The Morgan fingerprint density at radius 1 is 1.29 bits per heavy atom. The first kappa shape index (κ1) is 14.0. The number of aromatic nitrogens is 1. The van der Waals surface area contributed by atoms with Gasteiger partial charge in [0.2, 0.25) is 0 Å². The van der Waals surface area contributed by atoms with Gasteiger partial charge in [-0.2, -0.15) is 0 Å². The maximum absolute atomic E-state index is 12.9. The molecule has 122 valence electrons. The summed E-state index contributed by atoms with van der Waals surface area (Å²) in [4.78, 5) is 18.9. The minimum absolute atomic E-state index is 0.147. The molecule has 1 aromatic heterocycles. The highest BCUT2D eigenvalue weighted by Crippen LogP contribution is 2.59. The van der Waals surface area contributed by atoms with Gasteiger partial charge in [-0.1, -0.05) is 31.2 Å². The summed E-state index contributed by atoms with van der Waals surface area (Å²) in [5, 5.41) is 0. The molecule has 0 radical (unpaired) electrons. The number of fused-ring (bicyclic) bond motifs is 5. The Hall–Kier alpha value is -2.36. The van der Waals surface area contributed by atoms with Crippen molar-refractivity contribution in [3.05, 3.63) is 54.6 Å². The van der Waals surface area contributed by atoms with Gasteiger partial charge in [0.15, 0.2) is 12.2 Å². The minimum atomic E-state index is 0.147. The summed E-state index contributed by atoms with van der Waals surface area (Å²) in [6.07, 6.45) is 9.14. The third-order valence-corrected chi connectivity index (χ3v) is 6.41. The van der Waals surface area contributed by atoms with Crippen LogP contribution in [0.2, 0.25) is 0 Å². The molecule has 5 rings (SSSR count). The predicted octanol–water partition coefficient (Wildman–Crippen LogP) is 3.63. The first-order valence-corrected chi connectivity index (χ1v) is 8.62. The third-order valence-electron chi connectivity index (χ3n) is 6.41. The summed E-state index contributed by atoms with van der Waals surface area (Å²) < 4.78 is 5.30. The number of oxazole rings is 1. The van der Waals surface area contributed by atoms with E-state index in [1.165, 1.54) is 12.8 Å². The predicted molar refractivity (Wildman–Crippen MR) is 90.2 cm³/mol. The molecule has 0 spiro atoms. The molecule has 4 atom stereocenters. The van der Waals surface area contributed by atoms with Crippen LogP contribution in [0.5, 0.6) is 0 Å². The molecular weight excluding hydrogens is 300 g/mol. The van der Waals surface area contributed by atoms with E-state index < -0.39 is 0 Å². The van der Waals surface area contributed by atoms with Crippen molar-refractivity contribution in [2.24, 2.45) is 23.2 Å². The summed E-state index contributed by atoms with van der Waals surface area (Å²) >= 11 is 0. The lowest BCUT2D eigenvalue weighted by molar-refractivity contribution is 0.0765. The van der Waals surface area contributed by atoms with Crippen LogP contribution in [0, 0.1) is 23.2 Å². The Labute approximate surface area is 141 Å². The zero-order valence-electron chi connectivity index (χ0n) is 13.7. The maximum atomic E-state index is 12.9. The Morgan fingerprint density at radius 2 is 2.12 bits per heavy atom. The van der Waals surface area contributed by atoms with E-state index >= 15 is 0 Å². The van der Waals surface area contributed by atoms with E-state index in [1.807, 2.05) is 24.3 Å². The molecule has 24 heavy (non-hydrogen) atoms. The SMILES string of the molecule is C[C@@]12CN(C(=O)c3ccc(-c4cnco4)cc3)CC1[C@@H]1C=C[C@H]2C1. The van der Waals surface area contributed by atoms with Gasteiger partial charge in [-0.25, -0.2) is 4.98 Å². The molecule has 2 fully saturated rings. The molecule has 1 amide bonds. The number of nitrogens with zero attached hydrogens (tertiary/aromatic N) is 2.